The monoisotopic (exact) mass is 313 g/mol. The minimum atomic E-state index is -0.119. The van der Waals surface area contributed by atoms with Crippen LogP contribution in [0.2, 0.25) is 0 Å². The van der Waals surface area contributed by atoms with Gasteiger partial charge in [0.05, 0.1) is 36.0 Å². The van der Waals surface area contributed by atoms with Gasteiger partial charge in [-0.05, 0) is 18.9 Å². The molecule has 0 radical (unpaired) electrons. The van der Waals surface area contributed by atoms with Crippen molar-refractivity contribution in [1.29, 1.82) is 0 Å². The molecule has 1 saturated carbocycles. The third-order valence-corrected chi connectivity index (χ3v) is 5.26. The quantitative estimate of drug-likeness (QED) is 0.880. The predicted octanol–water partition coefficient (Wildman–Crippen LogP) is 3.13. The fraction of sp³-hybridized carbons (Fsp3) is 0.556. The maximum atomic E-state index is 13.0. The highest BCUT2D eigenvalue weighted by atomic mass is 16.5. The second-order valence-electron chi connectivity index (χ2n) is 6.81. The highest BCUT2D eigenvalue weighted by Crippen LogP contribution is 2.34. The van der Waals surface area contributed by atoms with E-state index in [0.29, 0.717) is 18.7 Å². The van der Waals surface area contributed by atoms with Crippen LogP contribution in [-0.2, 0) is 4.74 Å². The number of benzene rings is 1. The Hall–Kier alpha value is -1.88. The molecular weight excluding hydrogens is 290 g/mol. The van der Waals surface area contributed by atoms with Gasteiger partial charge in [0.2, 0.25) is 0 Å². The SMILES string of the molecule is O=C(c1cccc2cn[nH]c12)N1CCOC2(CCCCCC2)C1. The molecule has 0 bridgehead atoms. The molecule has 0 unspecified atom stereocenters. The number of carbonyl (C=O) groups is 1. The molecule has 0 atom stereocenters. The number of amides is 1. The van der Waals surface area contributed by atoms with Crippen molar-refractivity contribution in [2.75, 3.05) is 19.7 Å². The van der Waals surface area contributed by atoms with E-state index >= 15 is 0 Å². The molecule has 1 aromatic carbocycles. The van der Waals surface area contributed by atoms with Gasteiger partial charge in [-0.15, -0.1) is 0 Å². The Morgan fingerprint density at radius 3 is 2.87 bits per heavy atom. The molecule has 1 aliphatic heterocycles. The van der Waals surface area contributed by atoms with Gasteiger partial charge in [-0.2, -0.15) is 5.10 Å². The lowest BCUT2D eigenvalue weighted by molar-refractivity contribution is -0.107. The molecule has 5 heteroatoms. The number of morpholine rings is 1. The average molecular weight is 313 g/mol. The van der Waals surface area contributed by atoms with Crippen LogP contribution in [0.3, 0.4) is 0 Å². The van der Waals surface area contributed by atoms with Crippen molar-refractivity contribution in [2.45, 2.75) is 44.1 Å². The standard InChI is InChI=1S/C18H23N3O2/c22-17(15-7-5-6-14-12-19-20-16(14)15)21-10-11-23-18(13-21)8-3-1-2-4-9-18/h5-7,12H,1-4,8-11,13H2,(H,19,20). The smallest absolute Gasteiger partial charge is 0.256 e. The molecule has 4 rings (SSSR count). The zero-order valence-corrected chi connectivity index (χ0v) is 13.4. The molecule has 2 fully saturated rings. The van der Waals surface area contributed by atoms with E-state index in [1.165, 1.54) is 25.7 Å². The number of ether oxygens (including phenoxy) is 1. The van der Waals surface area contributed by atoms with Crippen LogP contribution < -0.4 is 0 Å². The molecule has 2 aliphatic rings. The van der Waals surface area contributed by atoms with E-state index in [4.69, 9.17) is 4.74 Å². The van der Waals surface area contributed by atoms with Crippen LogP contribution in [0.5, 0.6) is 0 Å². The van der Waals surface area contributed by atoms with E-state index in [2.05, 4.69) is 10.2 Å². The number of aromatic nitrogens is 2. The van der Waals surface area contributed by atoms with Gasteiger partial charge in [-0.3, -0.25) is 9.89 Å². The summed E-state index contributed by atoms with van der Waals surface area (Å²) in [6.45, 7) is 2.03. The van der Waals surface area contributed by atoms with Crippen molar-refractivity contribution >= 4 is 16.8 Å². The summed E-state index contributed by atoms with van der Waals surface area (Å²) in [6.07, 6.45) is 8.89. The summed E-state index contributed by atoms with van der Waals surface area (Å²) in [5.74, 6) is 0.0896. The van der Waals surface area contributed by atoms with Crippen LogP contribution in [0.4, 0.5) is 0 Å². The molecule has 1 N–H and O–H groups in total. The highest BCUT2D eigenvalue weighted by Gasteiger charge is 2.38. The predicted molar refractivity (Wildman–Crippen MR) is 88.4 cm³/mol. The Bertz CT molecular complexity index is 701. The third-order valence-electron chi connectivity index (χ3n) is 5.26. The lowest BCUT2D eigenvalue weighted by Crippen LogP contribution is -2.53. The first-order chi connectivity index (χ1) is 11.3. The molecule has 1 saturated heterocycles. The fourth-order valence-electron chi connectivity index (χ4n) is 4.01. The van der Waals surface area contributed by atoms with Gasteiger partial charge in [0.15, 0.2) is 0 Å². The first kappa shape index (κ1) is 14.7. The first-order valence-electron chi connectivity index (χ1n) is 8.63. The van der Waals surface area contributed by atoms with Gasteiger partial charge in [-0.1, -0.05) is 37.8 Å². The summed E-state index contributed by atoms with van der Waals surface area (Å²) in [6, 6.07) is 5.78. The molecule has 2 heterocycles. The summed E-state index contributed by atoms with van der Waals surface area (Å²) >= 11 is 0. The molecule has 1 aliphatic carbocycles. The minimum absolute atomic E-state index is 0.0896. The minimum Gasteiger partial charge on any atom is -0.371 e. The number of nitrogens with zero attached hydrogens (tertiary/aromatic N) is 2. The van der Waals surface area contributed by atoms with Crippen LogP contribution in [-0.4, -0.2) is 46.3 Å². The highest BCUT2D eigenvalue weighted by molar-refractivity contribution is 6.05. The van der Waals surface area contributed by atoms with Crippen LogP contribution in [0.25, 0.3) is 10.9 Å². The van der Waals surface area contributed by atoms with Crippen molar-refractivity contribution in [3.63, 3.8) is 0 Å². The first-order valence-corrected chi connectivity index (χ1v) is 8.63. The Kier molecular flexibility index (Phi) is 3.81. The van der Waals surface area contributed by atoms with E-state index in [1.807, 2.05) is 23.1 Å². The van der Waals surface area contributed by atoms with E-state index in [9.17, 15) is 4.79 Å². The number of fused-ring (bicyclic) bond motifs is 1. The number of nitrogens with one attached hydrogen (secondary N) is 1. The van der Waals surface area contributed by atoms with E-state index in [-0.39, 0.29) is 11.5 Å². The summed E-state index contributed by atoms with van der Waals surface area (Å²) in [5, 5.41) is 8.01. The van der Waals surface area contributed by atoms with Gasteiger partial charge in [0.1, 0.15) is 0 Å². The zero-order valence-electron chi connectivity index (χ0n) is 13.4. The van der Waals surface area contributed by atoms with E-state index in [1.54, 1.807) is 6.20 Å². The summed E-state index contributed by atoms with van der Waals surface area (Å²) in [5.41, 5.74) is 1.43. The Balaban J connectivity index is 1.59. The van der Waals surface area contributed by atoms with Crippen molar-refractivity contribution in [1.82, 2.24) is 15.1 Å². The molecule has 1 amide bonds. The summed E-state index contributed by atoms with van der Waals surface area (Å²) in [7, 11) is 0. The van der Waals surface area contributed by atoms with E-state index < -0.39 is 0 Å². The van der Waals surface area contributed by atoms with Gasteiger partial charge in [-0.25, -0.2) is 0 Å². The van der Waals surface area contributed by atoms with E-state index in [0.717, 1.165) is 30.3 Å². The normalized spacial score (nSPS) is 21.5. The van der Waals surface area contributed by atoms with Crippen molar-refractivity contribution in [2.24, 2.45) is 0 Å². The van der Waals surface area contributed by atoms with Gasteiger partial charge >= 0.3 is 0 Å². The maximum Gasteiger partial charge on any atom is 0.256 e. The molecule has 2 aromatic rings. The summed E-state index contributed by atoms with van der Waals surface area (Å²) in [4.78, 5) is 15.0. The fourth-order valence-corrected chi connectivity index (χ4v) is 4.01. The Labute approximate surface area is 136 Å². The number of hydrogen-bond donors (Lipinski definition) is 1. The lowest BCUT2D eigenvalue weighted by atomic mass is 9.92. The average Bonchev–Trinajstić information content (AvgIpc) is 2.96. The zero-order chi connectivity index (χ0) is 15.7. The largest absolute Gasteiger partial charge is 0.371 e. The molecule has 1 aromatic heterocycles. The van der Waals surface area contributed by atoms with Crippen LogP contribution in [0, 0.1) is 0 Å². The van der Waals surface area contributed by atoms with Crippen molar-refractivity contribution in [3.8, 4) is 0 Å². The number of H-pyrrole nitrogens is 1. The molecule has 23 heavy (non-hydrogen) atoms. The molecule has 1 spiro atoms. The van der Waals surface area contributed by atoms with Crippen LogP contribution in [0.1, 0.15) is 48.9 Å². The third kappa shape index (κ3) is 2.74. The van der Waals surface area contributed by atoms with Gasteiger partial charge < -0.3 is 9.64 Å². The van der Waals surface area contributed by atoms with Crippen LogP contribution in [0.15, 0.2) is 24.4 Å². The number of aromatic amines is 1. The Morgan fingerprint density at radius 2 is 2.04 bits per heavy atom. The molecular formula is C18H23N3O2. The second-order valence-corrected chi connectivity index (χ2v) is 6.81. The maximum absolute atomic E-state index is 13.0. The van der Waals surface area contributed by atoms with Crippen LogP contribution >= 0.6 is 0 Å². The van der Waals surface area contributed by atoms with Crippen molar-refractivity contribution < 1.29 is 9.53 Å². The number of hydrogen-bond acceptors (Lipinski definition) is 3. The Morgan fingerprint density at radius 1 is 1.22 bits per heavy atom. The molecule has 5 nitrogen and oxygen atoms in total. The number of para-hydroxylation sites is 1. The number of carbonyl (C=O) groups excluding carboxylic acids is 1. The van der Waals surface area contributed by atoms with Gasteiger partial charge in [0.25, 0.3) is 5.91 Å². The summed E-state index contributed by atoms with van der Waals surface area (Å²) < 4.78 is 6.16. The number of rotatable bonds is 1. The topological polar surface area (TPSA) is 58.2 Å². The molecule has 122 valence electrons. The van der Waals surface area contributed by atoms with Crippen molar-refractivity contribution in [3.05, 3.63) is 30.0 Å². The lowest BCUT2D eigenvalue weighted by Gasteiger charge is -2.42. The van der Waals surface area contributed by atoms with Gasteiger partial charge in [0, 0.05) is 11.9 Å². The second kappa shape index (κ2) is 5.96.